The number of benzene rings is 1. The summed E-state index contributed by atoms with van der Waals surface area (Å²) < 4.78 is 2.93. The maximum atomic E-state index is 13.6. The van der Waals surface area contributed by atoms with Gasteiger partial charge in [-0.2, -0.15) is 4.68 Å². The predicted molar refractivity (Wildman–Crippen MR) is 135 cm³/mol. The lowest BCUT2D eigenvalue weighted by Gasteiger charge is -2.29. The van der Waals surface area contributed by atoms with Crippen LogP contribution in [0.3, 0.4) is 0 Å². The zero-order valence-corrected chi connectivity index (χ0v) is 20.8. The molecule has 1 aliphatic carbocycles. The Balaban J connectivity index is 1.64. The van der Waals surface area contributed by atoms with E-state index < -0.39 is 11.2 Å². The summed E-state index contributed by atoms with van der Waals surface area (Å²) in [5, 5.41) is 12.4. The Bertz CT molecular complexity index is 1310. The van der Waals surface area contributed by atoms with Crippen molar-refractivity contribution in [2.45, 2.75) is 70.1 Å². The van der Waals surface area contributed by atoms with Crippen LogP contribution in [0.1, 0.15) is 51.0 Å². The van der Waals surface area contributed by atoms with Gasteiger partial charge < -0.3 is 10.6 Å². The van der Waals surface area contributed by atoms with Gasteiger partial charge in [0.15, 0.2) is 5.69 Å². The number of H-pyrrole nitrogens is 1. The van der Waals surface area contributed by atoms with Crippen LogP contribution in [0.2, 0.25) is 0 Å². The van der Waals surface area contributed by atoms with Gasteiger partial charge in [0, 0.05) is 12.6 Å². The molecule has 3 aromatic rings. The van der Waals surface area contributed by atoms with Gasteiger partial charge in [0.2, 0.25) is 11.1 Å². The van der Waals surface area contributed by atoms with E-state index in [1.54, 1.807) is 4.68 Å². The molecule has 1 fully saturated rings. The summed E-state index contributed by atoms with van der Waals surface area (Å²) in [6.45, 7) is 4.35. The number of carbonyl (C=O) groups is 1. The van der Waals surface area contributed by atoms with Crippen LogP contribution in [0.25, 0.3) is 5.69 Å². The highest BCUT2D eigenvalue weighted by Gasteiger charge is 2.32. The number of amides is 1. The molecule has 0 bridgehead atoms. The van der Waals surface area contributed by atoms with E-state index in [1.165, 1.54) is 21.2 Å². The number of carbonyl (C=O) groups excluding carboxylic acids is 1. The SMILES string of the molecule is CCCCn1c(N)c(N(C(=O)CSc2nnnn2-c2cccc(C)c2)C2CCCC2)c(=O)[nH]c1=O. The number of nitrogens with one attached hydrogen (secondary N) is 1. The van der Waals surface area contributed by atoms with Gasteiger partial charge >= 0.3 is 5.69 Å². The summed E-state index contributed by atoms with van der Waals surface area (Å²) in [6, 6.07) is 7.57. The molecule has 0 atom stereocenters. The van der Waals surface area contributed by atoms with Crippen LogP contribution in [0, 0.1) is 6.92 Å². The van der Waals surface area contributed by atoms with Gasteiger partial charge in [-0.05, 0) is 54.3 Å². The number of aryl methyl sites for hydroxylation is 1. The number of hydrogen-bond donors (Lipinski definition) is 2. The van der Waals surface area contributed by atoms with Crippen molar-refractivity contribution in [3.8, 4) is 5.69 Å². The summed E-state index contributed by atoms with van der Waals surface area (Å²) in [5.41, 5.74) is 7.05. The van der Waals surface area contributed by atoms with Crippen molar-refractivity contribution >= 4 is 29.2 Å². The molecule has 0 saturated heterocycles. The third kappa shape index (κ3) is 5.31. The quantitative estimate of drug-likeness (QED) is 0.427. The minimum Gasteiger partial charge on any atom is -0.383 e. The molecule has 4 rings (SSSR count). The number of rotatable bonds is 9. The van der Waals surface area contributed by atoms with Gasteiger partial charge in [-0.1, -0.05) is 50.1 Å². The monoisotopic (exact) mass is 498 g/mol. The number of aromatic amines is 1. The molecule has 11 nitrogen and oxygen atoms in total. The van der Waals surface area contributed by atoms with Crippen LogP contribution in [0.15, 0.2) is 39.0 Å². The Morgan fingerprint density at radius 2 is 2.06 bits per heavy atom. The lowest BCUT2D eigenvalue weighted by molar-refractivity contribution is -0.116. The lowest BCUT2D eigenvalue weighted by atomic mass is 10.2. The molecule has 12 heteroatoms. The Hall–Kier alpha value is -3.41. The average Bonchev–Trinajstić information content (AvgIpc) is 3.52. The molecule has 0 aliphatic heterocycles. The van der Waals surface area contributed by atoms with E-state index in [1.807, 2.05) is 38.1 Å². The number of nitrogen functional groups attached to an aromatic ring is 1. The average molecular weight is 499 g/mol. The van der Waals surface area contributed by atoms with Crippen LogP contribution >= 0.6 is 11.8 Å². The van der Waals surface area contributed by atoms with Crippen LogP contribution in [-0.2, 0) is 11.3 Å². The van der Waals surface area contributed by atoms with E-state index >= 15 is 0 Å². The first-order chi connectivity index (χ1) is 16.9. The molecule has 0 radical (unpaired) electrons. The van der Waals surface area contributed by atoms with Crippen molar-refractivity contribution in [3.63, 3.8) is 0 Å². The van der Waals surface area contributed by atoms with Crippen molar-refractivity contribution in [3.05, 3.63) is 50.7 Å². The third-order valence-corrected chi connectivity index (χ3v) is 7.06. The topological polar surface area (TPSA) is 145 Å². The zero-order chi connectivity index (χ0) is 24.9. The molecular formula is C23H30N8O3S. The molecule has 0 unspecified atom stereocenters. The Morgan fingerprint density at radius 1 is 1.29 bits per heavy atom. The van der Waals surface area contributed by atoms with E-state index in [4.69, 9.17) is 5.73 Å². The Labute approximate surface area is 206 Å². The van der Waals surface area contributed by atoms with Gasteiger partial charge in [0.05, 0.1) is 11.4 Å². The summed E-state index contributed by atoms with van der Waals surface area (Å²) in [7, 11) is 0. The predicted octanol–water partition coefficient (Wildman–Crippen LogP) is 2.27. The van der Waals surface area contributed by atoms with E-state index in [0.717, 1.165) is 49.8 Å². The van der Waals surface area contributed by atoms with Gasteiger partial charge in [0.25, 0.3) is 5.56 Å². The largest absolute Gasteiger partial charge is 0.383 e. The van der Waals surface area contributed by atoms with E-state index in [0.29, 0.717) is 11.7 Å². The Kier molecular flexibility index (Phi) is 7.69. The highest BCUT2D eigenvalue weighted by molar-refractivity contribution is 7.99. The van der Waals surface area contributed by atoms with Crippen LogP contribution in [0.5, 0.6) is 0 Å². The zero-order valence-electron chi connectivity index (χ0n) is 19.9. The number of aromatic nitrogens is 6. The molecule has 2 aromatic heterocycles. The number of nitrogens with two attached hydrogens (primary N) is 1. The van der Waals surface area contributed by atoms with E-state index in [9.17, 15) is 14.4 Å². The van der Waals surface area contributed by atoms with Gasteiger partial charge in [-0.3, -0.25) is 19.1 Å². The van der Waals surface area contributed by atoms with Crippen molar-refractivity contribution in [2.75, 3.05) is 16.4 Å². The number of unbranched alkanes of at least 4 members (excludes halogenated alkanes) is 1. The standard InChI is InChI=1S/C23H30N8O3S/c1-3-4-12-29-20(24)19(21(33)25-22(29)34)30(16-9-5-6-10-16)18(32)14-35-23-26-27-28-31(23)17-11-7-8-15(2)13-17/h7-8,11,13,16H,3-6,9-10,12,14,24H2,1-2H3,(H,25,33,34). The smallest absolute Gasteiger partial charge is 0.330 e. The number of thioether (sulfide) groups is 1. The molecule has 1 amide bonds. The maximum Gasteiger partial charge on any atom is 0.330 e. The van der Waals surface area contributed by atoms with Crippen LogP contribution in [0.4, 0.5) is 11.5 Å². The van der Waals surface area contributed by atoms with Gasteiger partial charge in [-0.15, -0.1) is 5.10 Å². The van der Waals surface area contributed by atoms with Crippen molar-refractivity contribution in [1.29, 1.82) is 0 Å². The highest BCUT2D eigenvalue weighted by Crippen LogP contribution is 2.30. The fourth-order valence-electron chi connectivity index (χ4n) is 4.41. The highest BCUT2D eigenvalue weighted by atomic mass is 32.2. The molecule has 1 aromatic carbocycles. The number of anilines is 2. The number of tetrazole rings is 1. The number of hydrogen-bond acceptors (Lipinski definition) is 8. The van der Waals surface area contributed by atoms with Crippen molar-refractivity contribution in [2.24, 2.45) is 0 Å². The molecule has 1 aliphatic rings. The van der Waals surface area contributed by atoms with Crippen molar-refractivity contribution < 1.29 is 4.79 Å². The fraction of sp³-hybridized carbons (Fsp3) is 0.478. The molecule has 3 N–H and O–H groups in total. The summed E-state index contributed by atoms with van der Waals surface area (Å²) in [5.74, 6) is -0.240. The van der Waals surface area contributed by atoms with E-state index in [-0.39, 0.29) is 29.2 Å². The Morgan fingerprint density at radius 3 is 2.77 bits per heavy atom. The maximum absolute atomic E-state index is 13.6. The normalized spacial score (nSPS) is 13.9. The first kappa shape index (κ1) is 24.7. The summed E-state index contributed by atoms with van der Waals surface area (Å²) in [6.07, 6.45) is 5.04. The number of nitrogens with zero attached hydrogens (tertiary/aromatic N) is 6. The second-order valence-electron chi connectivity index (χ2n) is 8.70. The minimum absolute atomic E-state index is 0.00958. The summed E-state index contributed by atoms with van der Waals surface area (Å²) in [4.78, 5) is 42.7. The van der Waals surface area contributed by atoms with E-state index in [2.05, 4.69) is 20.5 Å². The molecule has 35 heavy (non-hydrogen) atoms. The summed E-state index contributed by atoms with van der Waals surface area (Å²) >= 11 is 1.19. The first-order valence-electron chi connectivity index (χ1n) is 11.8. The fourth-order valence-corrected chi connectivity index (χ4v) is 5.16. The molecule has 186 valence electrons. The molecule has 0 spiro atoms. The van der Waals surface area contributed by atoms with Crippen LogP contribution in [-0.4, -0.2) is 47.5 Å². The van der Waals surface area contributed by atoms with Crippen molar-refractivity contribution in [1.82, 2.24) is 29.8 Å². The van der Waals surface area contributed by atoms with Gasteiger partial charge in [0.1, 0.15) is 5.82 Å². The van der Waals surface area contributed by atoms with Crippen LogP contribution < -0.4 is 21.9 Å². The molecular weight excluding hydrogens is 468 g/mol. The second-order valence-corrected chi connectivity index (χ2v) is 9.64. The second kappa shape index (κ2) is 10.9. The molecule has 2 heterocycles. The van der Waals surface area contributed by atoms with Gasteiger partial charge in [-0.25, -0.2) is 4.79 Å². The minimum atomic E-state index is -0.643. The first-order valence-corrected chi connectivity index (χ1v) is 12.8. The third-order valence-electron chi connectivity index (χ3n) is 6.16. The lowest BCUT2D eigenvalue weighted by Crippen LogP contribution is -2.46. The molecule has 1 saturated carbocycles.